The predicted octanol–water partition coefficient (Wildman–Crippen LogP) is 5.85. The summed E-state index contributed by atoms with van der Waals surface area (Å²) in [5.74, 6) is 0.687. The molecule has 0 aliphatic carbocycles. The molecule has 0 amide bonds. The van der Waals surface area contributed by atoms with E-state index in [9.17, 15) is 5.26 Å². The molecule has 3 rings (SSSR count). The molecule has 0 atom stereocenters. The summed E-state index contributed by atoms with van der Waals surface area (Å²) in [6.07, 6.45) is 1.78. The first-order valence-electron chi connectivity index (χ1n) is 8.28. The van der Waals surface area contributed by atoms with Gasteiger partial charge in [-0.2, -0.15) is 10.5 Å². The molecule has 3 nitrogen and oxygen atoms in total. The molecule has 0 fully saturated rings. The molecular weight excluding hydrogens is 356 g/mol. The van der Waals surface area contributed by atoms with Crippen molar-refractivity contribution in [1.82, 2.24) is 0 Å². The minimum atomic E-state index is 0.363. The van der Waals surface area contributed by atoms with E-state index in [1.54, 1.807) is 24.3 Å². The number of hydrogen-bond donors (Lipinski definition) is 0. The van der Waals surface area contributed by atoms with Crippen LogP contribution in [0.2, 0.25) is 5.02 Å². The largest absolute Gasteiger partial charge is 0.489 e. The van der Waals surface area contributed by atoms with Crippen molar-refractivity contribution >= 4 is 23.3 Å². The van der Waals surface area contributed by atoms with E-state index in [4.69, 9.17) is 21.6 Å². The van der Waals surface area contributed by atoms with E-state index in [0.29, 0.717) is 34.1 Å². The molecule has 0 bridgehead atoms. The van der Waals surface area contributed by atoms with Crippen LogP contribution in [-0.2, 0) is 6.61 Å². The number of benzene rings is 3. The van der Waals surface area contributed by atoms with Crippen LogP contribution in [-0.4, -0.2) is 0 Å². The lowest BCUT2D eigenvalue weighted by Gasteiger charge is -2.08. The number of hydrogen-bond acceptors (Lipinski definition) is 3. The van der Waals surface area contributed by atoms with Crippen LogP contribution in [0.15, 0.2) is 72.8 Å². The summed E-state index contributed by atoms with van der Waals surface area (Å²) < 4.78 is 5.83. The summed E-state index contributed by atoms with van der Waals surface area (Å²) in [5.41, 5.74) is 3.46. The van der Waals surface area contributed by atoms with Gasteiger partial charge in [0.1, 0.15) is 12.4 Å². The van der Waals surface area contributed by atoms with Gasteiger partial charge < -0.3 is 4.74 Å². The molecular formula is C23H15ClN2O. The molecule has 3 aromatic rings. The fraction of sp³-hybridized carbons (Fsp3) is 0.0435. The van der Waals surface area contributed by atoms with Crippen LogP contribution in [0.3, 0.4) is 0 Å². The van der Waals surface area contributed by atoms with Crippen molar-refractivity contribution < 1.29 is 4.74 Å². The molecule has 0 unspecified atom stereocenters. The maximum atomic E-state index is 9.51. The van der Waals surface area contributed by atoms with Crippen LogP contribution in [0.25, 0.3) is 11.6 Å². The zero-order valence-corrected chi connectivity index (χ0v) is 15.1. The molecule has 0 aliphatic heterocycles. The first-order valence-corrected chi connectivity index (χ1v) is 8.66. The standard InChI is InChI=1S/C23H15ClN2O/c24-23-10-2-1-7-20(23)16-27-22-9-4-5-17(13-22)11-21(15-26)19-8-3-6-18(12-19)14-25/h1-13H,16H2/b21-11-. The highest BCUT2D eigenvalue weighted by atomic mass is 35.5. The van der Waals surface area contributed by atoms with Crippen molar-refractivity contribution in [2.75, 3.05) is 0 Å². The minimum Gasteiger partial charge on any atom is -0.489 e. The monoisotopic (exact) mass is 370 g/mol. The lowest BCUT2D eigenvalue weighted by atomic mass is 10.0. The van der Waals surface area contributed by atoms with Crippen molar-refractivity contribution in [3.8, 4) is 17.9 Å². The average Bonchev–Trinajstić information content (AvgIpc) is 2.72. The molecule has 0 aromatic heterocycles. The maximum Gasteiger partial charge on any atom is 0.120 e. The maximum absolute atomic E-state index is 9.51. The Morgan fingerprint density at radius 3 is 2.56 bits per heavy atom. The Morgan fingerprint density at radius 1 is 0.963 bits per heavy atom. The lowest BCUT2D eigenvalue weighted by molar-refractivity contribution is 0.306. The summed E-state index contributed by atoms with van der Waals surface area (Å²) in [6, 6.07) is 26.3. The molecule has 0 N–H and O–H groups in total. The van der Waals surface area contributed by atoms with Gasteiger partial charge in [0.2, 0.25) is 0 Å². The third-order valence-corrected chi connectivity index (χ3v) is 4.31. The van der Waals surface area contributed by atoms with E-state index in [0.717, 1.165) is 11.1 Å². The number of halogens is 1. The van der Waals surface area contributed by atoms with E-state index >= 15 is 0 Å². The molecule has 0 spiro atoms. The van der Waals surface area contributed by atoms with Crippen LogP contribution in [0.1, 0.15) is 22.3 Å². The Hall–Kier alpha value is -3.53. The minimum absolute atomic E-state index is 0.363. The van der Waals surface area contributed by atoms with Gasteiger partial charge in [-0.1, -0.05) is 54.1 Å². The molecule has 0 saturated heterocycles. The fourth-order valence-corrected chi connectivity index (χ4v) is 2.76. The van der Waals surface area contributed by atoms with Gasteiger partial charge in [0.15, 0.2) is 0 Å². The summed E-state index contributed by atoms with van der Waals surface area (Å²) in [7, 11) is 0. The highest BCUT2D eigenvalue weighted by Crippen LogP contribution is 2.23. The van der Waals surface area contributed by atoms with Crippen LogP contribution in [0, 0.1) is 22.7 Å². The molecule has 0 radical (unpaired) electrons. The smallest absolute Gasteiger partial charge is 0.120 e. The number of rotatable bonds is 5. The second kappa shape index (κ2) is 8.72. The third kappa shape index (κ3) is 4.76. The number of allylic oxidation sites excluding steroid dienone is 1. The van der Waals surface area contributed by atoms with Crippen LogP contribution in [0.5, 0.6) is 5.75 Å². The summed E-state index contributed by atoms with van der Waals surface area (Å²) in [6.45, 7) is 0.363. The normalized spacial score (nSPS) is 10.7. The first kappa shape index (κ1) is 18.3. The Bertz CT molecular complexity index is 1070. The van der Waals surface area contributed by atoms with Crippen LogP contribution >= 0.6 is 11.6 Å². The van der Waals surface area contributed by atoms with E-state index in [-0.39, 0.29) is 0 Å². The van der Waals surface area contributed by atoms with Gasteiger partial charge >= 0.3 is 0 Å². The Balaban J connectivity index is 1.82. The molecule has 3 aromatic carbocycles. The molecule has 130 valence electrons. The second-order valence-corrected chi connectivity index (χ2v) is 6.22. The number of ether oxygens (including phenoxy) is 1. The molecule has 27 heavy (non-hydrogen) atoms. The van der Waals surface area contributed by atoms with Crippen molar-refractivity contribution in [3.63, 3.8) is 0 Å². The first-order chi connectivity index (χ1) is 13.2. The van der Waals surface area contributed by atoms with E-state index in [1.165, 1.54) is 0 Å². The van der Waals surface area contributed by atoms with Crippen molar-refractivity contribution in [2.45, 2.75) is 6.61 Å². The van der Waals surface area contributed by atoms with Crippen molar-refractivity contribution in [2.24, 2.45) is 0 Å². The highest BCUT2D eigenvalue weighted by molar-refractivity contribution is 6.31. The molecule has 0 aliphatic rings. The quantitative estimate of drug-likeness (QED) is 0.417. The van der Waals surface area contributed by atoms with Crippen molar-refractivity contribution in [1.29, 1.82) is 10.5 Å². The molecule has 0 heterocycles. The Morgan fingerprint density at radius 2 is 1.78 bits per heavy atom. The third-order valence-electron chi connectivity index (χ3n) is 3.94. The van der Waals surface area contributed by atoms with Gasteiger partial charge in [-0.15, -0.1) is 0 Å². The average molecular weight is 371 g/mol. The Kier molecular flexibility index (Phi) is 5.90. The highest BCUT2D eigenvalue weighted by Gasteiger charge is 2.04. The van der Waals surface area contributed by atoms with Gasteiger partial charge in [0.05, 0.1) is 23.3 Å². The predicted molar refractivity (Wildman–Crippen MR) is 107 cm³/mol. The number of nitriles is 2. The second-order valence-electron chi connectivity index (χ2n) is 5.81. The van der Waals surface area contributed by atoms with Crippen LogP contribution in [0.4, 0.5) is 0 Å². The summed E-state index contributed by atoms with van der Waals surface area (Å²) in [5, 5.41) is 19.2. The van der Waals surface area contributed by atoms with Gasteiger partial charge in [0, 0.05) is 10.6 Å². The zero-order valence-electron chi connectivity index (χ0n) is 14.4. The van der Waals surface area contributed by atoms with E-state index < -0.39 is 0 Å². The molecule has 0 saturated carbocycles. The SMILES string of the molecule is N#C/C(=C/c1cccc(OCc2ccccc2Cl)c1)c1cccc(C#N)c1. The molecule has 4 heteroatoms. The fourth-order valence-electron chi connectivity index (χ4n) is 2.57. The van der Waals surface area contributed by atoms with Crippen LogP contribution < -0.4 is 4.74 Å². The van der Waals surface area contributed by atoms with E-state index in [2.05, 4.69) is 12.1 Å². The Labute approximate surface area is 163 Å². The lowest BCUT2D eigenvalue weighted by Crippen LogP contribution is -1.96. The topological polar surface area (TPSA) is 56.8 Å². The van der Waals surface area contributed by atoms with Crippen molar-refractivity contribution in [3.05, 3.63) is 100 Å². The van der Waals surface area contributed by atoms with Gasteiger partial charge in [-0.05, 0) is 47.5 Å². The van der Waals surface area contributed by atoms with Gasteiger partial charge in [-0.3, -0.25) is 0 Å². The summed E-state index contributed by atoms with van der Waals surface area (Å²) in [4.78, 5) is 0. The zero-order chi connectivity index (χ0) is 19.1. The summed E-state index contributed by atoms with van der Waals surface area (Å²) >= 11 is 6.15. The number of nitrogens with zero attached hydrogens (tertiary/aromatic N) is 2. The van der Waals surface area contributed by atoms with Gasteiger partial charge in [-0.25, -0.2) is 0 Å². The van der Waals surface area contributed by atoms with Gasteiger partial charge in [0.25, 0.3) is 0 Å². The van der Waals surface area contributed by atoms with E-state index in [1.807, 2.05) is 54.6 Å².